The van der Waals surface area contributed by atoms with Crippen LogP contribution in [0.1, 0.15) is 31.7 Å². The van der Waals surface area contributed by atoms with Gasteiger partial charge in [0, 0.05) is 34.8 Å². The smallest absolute Gasteiger partial charge is 0.224 e. The molecule has 0 unspecified atom stereocenters. The van der Waals surface area contributed by atoms with Crippen molar-refractivity contribution < 1.29 is 5.11 Å². The van der Waals surface area contributed by atoms with Crippen LogP contribution in [0, 0.1) is 0 Å². The molecular formula is C26H27N5O. The minimum atomic E-state index is -0.488. The Balaban J connectivity index is 1.60. The molecule has 0 bridgehead atoms. The first-order chi connectivity index (χ1) is 15.5. The molecule has 1 atom stereocenters. The van der Waals surface area contributed by atoms with Gasteiger partial charge >= 0.3 is 0 Å². The van der Waals surface area contributed by atoms with Crippen LogP contribution in [0.25, 0.3) is 33.4 Å². The number of aliphatic hydroxyl groups excluding tert-OH is 1. The van der Waals surface area contributed by atoms with Gasteiger partial charge in [-0.25, -0.2) is 9.97 Å². The van der Waals surface area contributed by atoms with E-state index >= 15 is 0 Å². The molecule has 0 radical (unpaired) electrons. The van der Waals surface area contributed by atoms with Crippen molar-refractivity contribution in [3.05, 3.63) is 72.4 Å². The number of hydrogen-bond acceptors (Lipinski definition) is 6. The van der Waals surface area contributed by atoms with Crippen LogP contribution in [0.4, 0.5) is 5.95 Å². The van der Waals surface area contributed by atoms with Crippen LogP contribution in [0.15, 0.2) is 66.9 Å². The largest absolute Gasteiger partial charge is 0.392 e. The van der Waals surface area contributed by atoms with Gasteiger partial charge in [0.05, 0.1) is 11.8 Å². The highest BCUT2D eigenvalue weighted by molar-refractivity contribution is 5.90. The first-order valence-electron chi connectivity index (χ1n) is 11.1. The first kappa shape index (κ1) is 20.5. The lowest BCUT2D eigenvalue weighted by Crippen LogP contribution is -2.43. The van der Waals surface area contributed by atoms with E-state index in [0.29, 0.717) is 18.1 Å². The van der Waals surface area contributed by atoms with Crippen LogP contribution in [-0.4, -0.2) is 32.7 Å². The van der Waals surface area contributed by atoms with Gasteiger partial charge in [0.25, 0.3) is 0 Å². The highest BCUT2D eigenvalue weighted by Crippen LogP contribution is 2.40. The lowest BCUT2D eigenvalue weighted by atomic mass is 9.72. The zero-order chi connectivity index (χ0) is 22.1. The molecule has 2 heterocycles. The summed E-state index contributed by atoms with van der Waals surface area (Å²) in [5.41, 5.74) is 12.1. The maximum atomic E-state index is 9.54. The Morgan fingerprint density at radius 3 is 2.44 bits per heavy atom. The number of nitrogens with two attached hydrogens (primary N) is 1. The molecule has 32 heavy (non-hydrogen) atoms. The van der Waals surface area contributed by atoms with Crippen molar-refractivity contribution in [1.82, 2.24) is 15.0 Å². The minimum Gasteiger partial charge on any atom is -0.392 e. The molecule has 0 amide bonds. The number of nitrogens with one attached hydrogen (secondary N) is 1. The first-order valence-corrected chi connectivity index (χ1v) is 11.1. The molecule has 0 aliphatic heterocycles. The fraction of sp³-hybridized carbons (Fsp3) is 0.269. The summed E-state index contributed by atoms with van der Waals surface area (Å²) >= 11 is 0. The van der Waals surface area contributed by atoms with Crippen molar-refractivity contribution in [3.63, 3.8) is 0 Å². The number of benzene rings is 2. The molecule has 2 aromatic heterocycles. The summed E-state index contributed by atoms with van der Waals surface area (Å²) in [6.45, 7) is 2.10. The van der Waals surface area contributed by atoms with Crippen LogP contribution in [-0.2, 0) is 5.54 Å². The van der Waals surface area contributed by atoms with Gasteiger partial charge in [0.15, 0.2) is 5.65 Å². The standard InChI is InChI=1S/C26H27N5O/c1-17(32)15-28-25-29-16-20-14-22(18-6-3-2-4-7-18)23(30-24(20)31-25)19-8-10-21(11-9-19)26(27)12-5-13-26/h2-4,6-11,14,16-17,32H,5,12-13,15,27H2,1H3,(H,28,29,30,31)/t17-/m1/s1. The van der Waals surface area contributed by atoms with Gasteiger partial charge < -0.3 is 16.2 Å². The van der Waals surface area contributed by atoms with Crippen LogP contribution in [0.5, 0.6) is 0 Å². The van der Waals surface area contributed by atoms with Gasteiger partial charge in [0.1, 0.15) is 0 Å². The molecule has 1 saturated carbocycles. The number of anilines is 1. The summed E-state index contributed by atoms with van der Waals surface area (Å²) in [5, 5.41) is 13.5. The predicted octanol–water partition coefficient (Wildman–Crippen LogP) is 4.49. The summed E-state index contributed by atoms with van der Waals surface area (Å²) in [7, 11) is 0. The van der Waals surface area contributed by atoms with Gasteiger partial charge in [-0.3, -0.25) is 0 Å². The number of pyridine rings is 1. The topological polar surface area (TPSA) is 97.0 Å². The maximum Gasteiger partial charge on any atom is 0.224 e. The van der Waals surface area contributed by atoms with Crippen LogP contribution < -0.4 is 11.1 Å². The second-order valence-electron chi connectivity index (χ2n) is 8.67. The van der Waals surface area contributed by atoms with Crippen LogP contribution in [0.2, 0.25) is 0 Å². The molecule has 1 aliphatic carbocycles. The predicted molar refractivity (Wildman–Crippen MR) is 128 cm³/mol. The summed E-state index contributed by atoms with van der Waals surface area (Å²) in [4.78, 5) is 13.9. The Hall–Kier alpha value is -3.35. The van der Waals surface area contributed by atoms with E-state index in [2.05, 4.69) is 57.7 Å². The Morgan fingerprint density at radius 1 is 1.03 bits per heavy atom. The molecule has 0 saturated heterocycles. The highest BCUT2D eigenvalue weighted by atomic mass is 16.3. The Bertz CT molecular complexity index is 1230. The number of aromatic nitrogens is 3. The van der Waals surface area contributed by atoms with E-state index in [4.69, 9.17) is 10.7 Å². The average molecular weight is 426 g/mol. The Kier molecular flexibility index (Phi) is 5.33. The van der Waals surface area contributed by atoms with E-state index in [0.717, 1.165) is 40.6 Å². The average Bonchev–Trinajstić information content (AvgIpc) is 2.81. The molecular weight excluding hydrogens is 398 g/mol. The van der Waals surface area contributed by atoms with Crippen LogP contribution in [0.3, 0.4) is 0 Å². The maximum absolute atomic E-state index is 9.54. The molecule has 1 aliphatic rings. The van der Waals surface area contributed by atoms with Gasteiger partial charge in [-0.05, 0) is 43.4 Å². The second kappa shape index (κ2) is 8.30. The quantitative estimate of drug-likeness (QED) is 0.421. The van der Waals surface area contributed by atoms with Crippen molar-refractivity contribution in [3.8, 4) is 22.4 Å². The Morgan fingerprint density at radius 2 is 1.78 bits per heavy atom. The van der Waals surface area contributed by atoms with Crippen molar-refractivity contribution in [2.45, 2.75) is 37.8 Å². The van der Waals surface area contributed by atoms with E-state index in [-0.39, 0.29) is 5.54 Å². The van der Waals surface area contributed by atoms with Gasteiger partial charge in [0.2, 0.25) is 5.95 Å². The molecule has 162 valence electrons. The SMILES string of the molecule is C[C@@H](O)CNc1ncc2cc(-c3ccccc3)c(-c3ccc(C4(N)CCC4)cc3)nc2n1. The third-order valence-electron chi connectivity index (χ3n) is 6.19. The van der Waals surface area contributed by atoms with Crippen molar-refractivity contribution >= 4 is 17.0 Å². The number of nitrogens with zero attached hydrogens (tertiary/aromatic N) is 3. The fourth-order valence-electron chi connectivity index (χ4n) is 4.15. The monoisotopic (exact) mass is 425 g/mol. The molecule has 1 fully saturated rings. The molecule has 0 spiro atoms. The molecule has 2 aromatic carbocycles. The van der Waals surface area contributed by atoms with E-state index in [9.17, 15) is 5.11 Å². The van der Waals surface area contributed by atoms with Crippen molar-refractivity contribution in [1.29, 1.82) is 0 Å². The molecule has 6 heteroatoms. The van der Waals surface area contributed by atoms with Gasteiger partial charge in [-0.2, -0.15) is 4.98 Å². The highest BCUT2D eigenvalue weighted by Gasteiger charge is 2.34. The zero-order valence-corrected chi connectivity index (χ0v) is 18.1. The lowest BCUT2D eigenvalue weighted by Gasteiger charge is -2.38. The van der Waals surface area contributed by atoms with Crippen molar-refractivity contribution in [2.75, 3.05) is 11.9 Å². The molecule has 4 N–H and O–H groups in total. The number of aliphatic hydroxyl groups is 1. The van der Waals surface area contributed by atoms with Gasteiger partial charge in [-0.15, -0.1) is 0 Å². The van der Waals surface area contributed by atoms with Crippen LogP contribution >= 0.6 is 0 Å². The van der Waals surface area contributed by atoms with E-state index in [1.165, 1.54) is 12.0 Å². The Labute approximate surface area is 187 Å². The van der Waals surface area contributed by atoms with E-state index in [1.54, 1.807) is 13.1 Å². The van der Waals surface area contributed by atoms with Gasteiger partial charge in [-0.1, -0.05) is 54.6 Å². The molecule has 4 aromatic rings. The lowest BCUT2D eigenvalue weighted by molar-refractivity contribution is 0.208. The fourth-order valence-corrected chi connectivity index (χ4v) is 4.15. The molecule has 5 rings (SSSR count). The summed E-state index contributed by atoms with van der Waals surface area (Å²) < 4.78 is 0. The van der Waals surface area contributed by atoms with Crippen molar-refractivity contribution in [2.24, 2.45) is 5.73 Å². The number of hydrogen-bond donors (Lipinski definition) is 3. The zero-order valence-electron chi connectivity index (χ0n) is 18.1. The van der Waals surface area contributed by atoms with E-state index < -0.39 is 6.10 Å². The number of rotatable bonds is 6. The second-order valence-corrected chi connectivity index (χ2v) is 8.67. The number of fused-ring (bicyclic) bond motifs is 1. The normalized spacial score (nSPS) is 15.8. The summed E-state index contributed by atoms with van der Waals surface area (Å²) in [6, 6.07) is 20.8. The minimum absolute atomic E-state index is 0.185. The molecule has 6 nitrogen and oxygen atoms in total. The summed E-state index contributed by atoms with van der Waals surface area (Å²) in [5.74, 6) is 0.453. The third-order valence-corrected chi connectivity index (χ3v) is 6.19. The summed E-state index contributed by atoms with van der Waals surface area (Å²) in [6.07, 6.45) is 4.55. The third kappa shape index (κ3) is 3.95. The van der Waals surface area contributed by atoms with E-state index in [1.807, 2.05) is 18.2 Å².